The Morgan fingerprint density at radius 3 is 2.55 bits per heavy atom. The summed E-state index contributed by atoms with van der Waals surface area (Å²) >= 11 is 5.85. The average molecular weight is 305 g/mol. The Hall–Kier alpha value is -1.65. The molecule has 0 radical (unpaired) electrons. The third kappa shape index (κ3) is 2.49. The summed E-state index contributed by atoms with van der Waals surface area (Å²) in [6.45, 7) is 0. The summed E-state index contributed by atoms with van der Waals surface area (Å²) in [6, 6.07) is 15.2. The fraction of sp³-hybridized carbons (Fsp3) is 0.133. The zero-order valence-electron chi connectivity index (χ0n) is 10.9. The van der Waals surface area contributed by atoms with Gasteiger partial charge in [0.1, 0.15) is 0 Å². The molecule has 2 aromatic carbocycles. The number of halogens is 1. The van der Waals surface area contributed by atoms with Gasteiger partial charge in [-0.05, 0) is 29.8 Å². The summed E-state index contributed by atoms with van der Waals surface area (Å²) in [6.07, 6.45) is 0. The second-order valence-electron chi connectivity index (χ2n) is 4.56. The molecular formula is C15H13ClN2OS. The van der Waals surface area contributed by atoms with Gasteiger partial charge in [0.15, 0.2) is 5.16 Å². The van der Waals surface area contributed by atoms with E-state index in [9.17, 15) is 4.21 Å². The van der Waals surface area contributed by atoms with Crippen LogP contribution in [0.2, 0.25) is 5.02 Å². The molecule has 0 aliphatic rings. The summed E-state index contributed by atoms with van der Waals surface area (Å²) in [5.41, 5.74) is 2.85. The highest BCUT2D eigenvalue weighted by Crippen LogP contribution is 2.19. The molecule has 3 aromatic rings. The molecule has 0 amide bonds. The molecule has 0 bridgehead atoms. The lowest BCUT2D eigenvalue weighted by molar-refractivity contribution is 0.667. The lowest BCUT2D eigenvalue weighted by Gasteiger charge is -2.03. The van der Waals surface area contributed by atoms with Crippen molar-refractivity contribution in [3.63, 3.8) is 0 Å². The van der Waals surface area contributed by atoms with E-state index in [0.717, 1.165) is 16.6 Å². The van der Waals surface area contributed by atoms with Crippen molar-refractivity contribution in [1.82, 2.24) is 9.55 Å². The molecule has 102 valence electrons. The molecule has 5 heteroatoms. The first kappa shape index (κ1) is 13.3. The first-order valence-corrected chi connectivity index (χ1v) is 7.89. The minimum Gasteiger partial charge on any atom is -0.320 e. The van der Waals surface area contributed by atoms with Crippen LogP contribution in [-0.4, -0.2) is 13.8 Å². The maximum absolute atomic E-state index is 12.5. The molecule has 1 aromatic heterocycles. The van der Waals surface area contributed by atoms with E-state index < -0.39 is 10.8 Å². The highest BCUT2D eigenvalue weighted by molar-refractivity contribution is 7.84. The van der Waals surface area contributed by atoms with Gasteiger partial charge in [-0.3, -0.25) is 4.21 Å². The molecule has 0 aliphatic carbocycles. The van der Waals surface area contributed by atoms with E-state index in [1.54, 1.807) is 0 Å². The summed E-state index contributed by atoms with van der Waals surface area (Å²) in [5, 5.41) is 1.28. The second-order valence-corrected chi connectivity index (χ2v) is 6.34. The number of fused-ring (bicyclic) bond motifs is 1. The summed E-state index contributed by atoms with van der Waals surface area (Å²) in [4.78, 5) is 4.46. The van der Waals surface area contributed by atoms with Gasteiger partial charge in [0.25, 0.3) is 0 Å². The van der Waals surface area contributed by atoms with Crippen molar-refractivity contribution >= 4 is 33.4 Å². The van der Waals surface area contributed by atoms with Crippen LogP contribution in [-0.2, 0) is 23.6 Å². The van der Waals surface area contributed by atoms with Gasteiger partial charge in [0.05, 0.1) is 27.6 Å². The number of rotatable bonds is 3. The Morgan fingerprint density at radius 2 is 1.85 bits per heavy atom. The van der Waals surface area contributed by atoms with Crippen LogP contribution in [0.3, 0.4) is 0 Å². The van der Waals surface area contributed by atoms with Crippen LogP contribution in [0.4, 0.5) is 0 Å². The van der Waals surface area contributed by atoms with E-state index >= 15 is 0 Å². The van der Waals surface area contributed by atoms with E-state index in [1.807, 2.05) is 60.1 Å². The molecule has 20 heavy (non-hydrogen) atoms. The quantitative estimate of drug-likeness (QED) is 0.742. The van der Waals surface area contributed by atoms with Gasteiger partial charge >= 0.3 is 0 Å². The minimum absolute atomic E-state index is 0.439. The van der Waals surface area contributed by atoms with Gasteiger partial charge in [0, 0.05) is 12.1 Å². The van der Waals surface area contributed by atoms with Gasteiger partial charge in [-0.2, -0.15) is 0 Å². The highest BCUT2D eigenvalue weighted by atomic mass is 35.5. The number of benzene rings is 2. The Bertz CT molecular complexity index is 780. The van der Waals surface area contributed by atoms with E-state index in [2.05, 4.69) is 4.98 Å². The largest absolute Gasteiger partial charge is 0.320 e. The third-order valence-electron chi connectivity index (χ3n) is 3.16. The Balaban J connectivity index is 1.92. The van der Waals surface area contributed by atoms with Gasteiger partial charge in [-0.15, -0.1) is 0 Å². The molecule has 0 fully saturated rings. The van der Waals surface area contributed by atoms with Crippen molar-refractivity contribution in [2.45, 2.75) is 10.9 Å². The van der Waals surface area contributed by atoms with Crippen LogP contribution in [0.15, 0.2) is 53.7 Å². The summed E-state index contributed by atoms with van der Waals surface area (Å²) < 4.78 is 14.4. The van der Waals surface area contributed by atoms with E-state index in [-0.39, 0.29) is 0 Å². The molecule has 0 aliphatic heterocycles. The smallest absolute Gasteiger partial charge is 0.200 e. The monoisotopic (exact) mass is 304 g/mol. The van der Waals surface area contributed by atoms with Crippen molar-refractivity contribution in [3.05, 3.63) is 59.1 Å². The number of imidazole rings is 1. The first-order valence-electron chi connectivity index (χ1n) is 6.19. The van der Waals surface area contributed by atoms with Gasteiger partial charge in [-0.1, -0.05) is 35.9 Å². The van der Waals surface area contributed by atoms with E-state index in [1.165, 1.54) is 0 Å². The van der Waals surface area contributed by atoms with Gasteiger partial charge in [-0.25, -0.2) is 4.98 Å². The zero-order valence-corrected chi connectivity index (χ0v) is 12.5. The predicted molar refractivity (Wildman–Crippen MR) is 82.3 cm³/mol. The fourth-order valence-corrected chi connectivity index (χ4v) is 3.48. The number of hydrogen-bond donors (Lipinski definition) is 0. The first-order chi connectivity index (χ1) is 9.65. The minimum atomic E-state index is -1.18. The van der Waals surface area contributed by atoms with Crippen LogP contribution in [0.1, 0.15) is 5.56 Å². The molecule has 1 heterocycles. The fourth-order valence-electron chi connectivity index (χ4n) is 2.12. The van der Waals surface area contributed by atoms with Crippen LogP contribution >= 0.6 is 11.6 Å². The lowest BCUT2D eigenvalue weighted by atomic mass is 10.2. The maximum atomic E-state index is 12.5. The average Bonchev–Trinajstić information content (AvgIpc) is 2.79. The molecule has 1 atom stereocenters. The lowest BCUT2D eigenvalue weighted by Crippen LogP contribution is -2.04. The van der Waals surface area contributed by atoms with Crippen molar-refractivity contribution in [1.29, 1.82) is 0 Å². The van der Waals surface area contributed by atoms with Crippen molar-refractivity contribution in [2.75, 3.05) is 0 Å². The maximum Gasteiger partial charge on any atom is 0.200 e. The molecule has 0 N–H and O–H groups in total. The molecule has 0 unspecified atom stereocenters. The number of hydrogen-bond acceptors (Lipinski definition) is 2. The Morgan fingerprint density at radius 1 is 1.15 bits per heavy atom. The van der Waals surface area contributed by atoms with Crippen molar-refractivity contribution < 1.29 is 4.21 Å². The molecule has 0 saturated carbocycles. The Kier molecular flexibility index (Phi) is 3.59. The number of para-hydroxylation sites is 2. The highest BCUT2D eigenvalue weighted by Gasteiger charge is 2.14. The SMILES string of the molecule is Cn1c([S@@](=O)Cc2ccc(Cl)cc2)nc2ccccc21. The second kappa shape index (κ2) is 5.38. The number of aromatic nitrogens is 2. The summed E-state index contributed by atoms with van der Waals surface area (Å²) in [5.74, 6) is 0.439. The standard InChI is InChI=1S/C15H13ClN2OS/c1-18-14-5-3-2-4-13(14)17-15(18)20(19)10-11-6-8-12(16)9-7-11/h2-9H,10H2,1H3/t20-/m0/s1. The van der Waals surface area contributed by atoms with Crippen LogP contribution in [0, 0.1) is 0 Å². The molecular weight excluding hydrogens is 292 g/mol. The van der Waals surface area contributed by atoms with Crippen molar-refractivity contribution in [2.24, 2.45) is 7.05 Å². The van der Waals surface area contributed by atoms with Gasteiger partial charge < -0.3 is 4.57 Å². The van der Waals surface area contributed by atoms with Crippen molar-refractivity contribution in [3.8, 4) is 0 Å². The Labute approximate surface area is 124 Å². The van der Waals surface area contributed by atoms with Crippen LogP contribution in [0.25, 0.3) is 11.0 Å². The number of aryl methyl sites for hydroxylation is 1. The zero-order chi connectivity index (χ0) is 14.1. The van der Waals surface area contributed by atoms with Crippen LogP contribution < -0.4 is 0 Å². The van der Waals surface area contributed by atoms with Gasteiger partial charge in [0.2, 0.25) is 0 Å². The molecule has 3 rings (SSSR count). The third-order valence-corrected chi connectivity index (χ3v) is 4.78. The normalized spacial score (nSPS) is 12.7. The van der Waals surface area contributed by atoms with E-state index in [4.69, 9.17) is 11.6 Å². The predicted octanol–water partition coefficient (Wildman–Crippen LogP) is 3.53. The molecule has 0 spiro atoms. The molecule has 0 saturated heterocycles. The topological polar surface area (TPSA) is 34.9 Å². The molecule has 3 nitrogen and oxygen atoms in total. The summed E-state index contributed by atoms with van der Waals surface area (Å²) in [7, 11) is 0.717. The van der Waals surface area contributed by atoms with Crippen LogP contribution in [0.5, 0.6) is 0 Å². The van der Waals surface area contributed by atoms with E-state index in [0.29, 0.717) is 15.9 Å². The number of nitrogens with zero attached hydrogens (tertiary/aromatic N) is 2.